The third-order valence-electron chi connectivity index (χ3n) is 3.41. The summed E-state index contributed by atoms with van der Waals surface area (Å²) in [5.74, 6) is 0.940. The van der Waals surface area contributed by atoms with E-state index in [4.69, 9.17) is 0 Å². The Kier molecular flexibility index (Phi) is 2.60. The van der Waals surface area contributed by atoms with Gasteiger partial charge in [-0.25, -0.2) is 9.79 Å². The minimum Gasteiger partial charge on any atom is -0.348 e. The van der Waals surface area contributed by atoms with E-state index in [-0.39, 0.29) is 30.1 Å². The van der Waals surface area contributed by atoms with Gasteiger partial charge >= 0.3 is 6.03 Å². The average molecular weight is 238 g/mol. The van der Waals surface area contributed by atoms with E-state index >= 15 is 0 Å². The number of urea groups is 1. The van der Waals surface area contributed by atoms with Crippen LogP contribution in [0.3, 0.4) is 0 Å². The molecule has 0 spiro atoms. The molecule has 17 heavy (non-hydrogen) atoms. The van der Waals surface area contributed by atoms with E-state index in [1.54, 1.807) is 7.05 Å². The largest absolute Gasteiger partial charge is 0.348 e. The van der Waals surface area contributed by atoms with Crippen molar-refractivity contribution in [2.75, 3.05) is 21.1 Å². The summed E-state index contributed by atoms with van der Waals surface area (Å²) in [6, 6.07) is -0.668. The van der Waals surface area contributed by atoms with E-state index in [0.717, 1.165) is 10.7 Å². The summed E-state index contributed by atoms with van der Waals surface area (Å²) in [4.78, 5) is 33.0. The van der Waals surface area contributed by atoms with Crippen molar-refractivity contribution in [3.8, 4) is 0 Å². The summed E-state index contributed by atoms with van der Waals surface area (Å²) in [6.07, 6.45) is -0.381. The van der Waals surface area contributed by atoms with Gasteiger partial charge in [-0.3, -0.25) is 9.69 Å². The van der Waals surface area contributed by atoms with Crippen LogP contribution in [0.2, 0.25) is 0 Å². The number of hydrogen-bond donors (Lipinski definition) is 0. The van der Waals surface area contributed by atoms with Gasteiger partial charge in [-0.15, -0.1) is 0 Å². The molecular weight excluding hydrogens is 220 g/mol. The molecule has 1 saturated heterocycles. The van der Waals surface area contributed by atoms with Gasteiger partial charge in [0.25, 0.3) is 5.91 Å². The summed E-state index contributed by atoms with van der Waals surface area (Å²) < 4.78 is 0. The highest BCUT2D eigenvalue weighted by molar-refractivity contribution is 6.03. The number of likely N-dealkylation sites (N-methyl/N-ethyl adjacent to an activating group) is 3. The normalized spacial score (nSPS) is 29.1. The van der Waals surface area contributed by atoms with Gasteiger partial charge in [-0.1, -0.05) is 13.8 Å². The van der Waals surface area contributed by atoms with Crippen molar-refractivity contribution >= 4 is 17.8 Å². The Bertz CT molecular complexity index is 404. The molecule has 3 amide bonds. The van der Waals surface area contributed by atoms with Crippen LogP contribution < -0.4 is 0 Å². The molecule has 94 valence electrons. The van der Waals surface area contributed by atoms with Gasteiger partial charge in [0.1, 0.15) is 5.84 Å². The molecule has 0 aromatic carbocycles. The minimum absolute atomic E-state index is 0.181. The van der Waals surface area contributed by atoms with Crippen LogP contribution in [0.15, 0.2) is 4.99 Å². The third-order valence-corrected chi connectivity index (χ3v) is 3.41. The van der Waals surface area contributed by atoms with Crippen LogP contribution in [0, 0.1) is 5.92 Å². The van der Waals surface area contributed by atoms with Gasteiger partial charge in [0.05, 0.1) is 0 Å². The molecule has 0 bridgehead atoms. The zero-order valence-electron chi connectivity index (χ0n) is 10.8. The number of carbonyl (C=O) groups excluding carboxylic acids is 2. The molecule has 0 aromatic rings. The van der Waals surface area contributed by atoms with E-state index < -0.39 is 0 Å². The van der Waals surface area contributed by atoms with Crippen LogP contribution in [0.5, 0.6) is 0 Å². The standard InChI is InChI=1S/C11H18N4O2/c1-6(2)8-12-9-7(13(8)3)10(16)15(5)11(17)14(9)4/h6-7,9H,1-5H3. The highest BCUT2D eigenvalue weighted by Gasteiger charge is 2.49. The number of hydrogen-bond acceptors (Lipinski definition) is 4. The summed E-state index contributed by atoms with van der Waals surface area (Å²) in [7, 11) is 5.06. The molecule has 2 rings (SSSR count). The number of amides is 3. The lowest BCUT2D eigenvalue weighted by Gasteiger charge is -2.39. The first-order chi connectivity index (χ1) is 7.86. The highest BCUT2D eigenvalue weighted by atomic mass is 16.2. The van der Waals surface area contributed by atoms with Crippen LogP contribution >= 0.6 is 0 Å². The second kappa shape index (κ2) is 3.72. The van der Waals surface area contributed by atoms with Crippen molar-refractivity contribution in [3.63, 3.8) is 0 Å². The number of amidine groups is 1. The molecule has 0 radical (unpaired) electrons. The Morgan fingerprint density at radius 3 is 2.24 bits per heavy atom. The lowest BCUT2D eigenvalue weighted by Crippen LogP contribution is -2.63. The maximum absolute atomic E-state index is 12.1. The van der Waals surface area contributed by atoms with Gasteiger partial charge < -0.3 is 9.80 Å². The number of aliphatic imine (C=N–C) groups is 1. The number of fused-ring (bicyclic) bond motifs is 1. The second-order valence-electron chi connectivity index (χ2n) is 4.90. The van der Waals surface area contributed by atoms with Gasteiger partial charge in [-0.2, -0.15) is 0 Å². The molecule has 6 heteroatoms. The lowest BCUT2D eigenvalue weighted by atomic mass is 10.1. The molecule has 6 nitrogen and oxygen atoms in total. The van der Waals surface area contributed by atoms with E-state index in [0.29, 0.717) is 0 Å². The maximum atomic E-state index is 12.1. The molecule has 1 fully saturated rings. The zero-order chi connectivity index (χ0) is 12.9. The summed E-state index contributed by atoms with van der Waals surface area (Å²) in [6.45, 7) is 4.06. The van der Waals surface area contributed by atoms with Crippen molar-refractivity contribution in [1.82, 2.24) is 14.7 Å². The Hall–Kier alpha value is -1.59. The van der Waals surface area contributed by atoms with Gasteiger partial charge in [0.2, 0.25) is 0 Å². The fourth-order valence-corrected chi connectivity index (χ4v) is 2.43. The molecule has 2 unspecified atom stereocenters. The first-order valence-electron chi connectivity index (χ1n) is 5.71. The fourth-order valence-electron chi connectivity index (χ4n) is 2.43. The summed E-state index contributed by atoms with van der Waals surface area (Å²) in [5.41, 5.74) is 0. The van der Waals surface area contributed by atoms with Crippen molar-refractivity contribution in [2.45, 2.75) is 26.1 Å². The van der Waals surface area contributed by atoms with Crippen LogP contribution in [-0.4, -0.2) is 65.8 Å². The number of nitrogens with zero attached hydrogens (tertiary/aromatic N) is 4. The molecule has 2 atom stereocenters. The smallest absolute Gasteiger partial charge is 0.328 e. The van der Waals surface area contributed by atoms with E-state index in [2.05, 4.69) is 4.99 Å². The molecule has 0 aromatic heterocycles. The Morgan fingerprint density at radius 2 is 1.71 bits per heavy atom. The molecule has 2 aliphatic heterocycles. The second-order valence-corrected chi connectivity index (χ2v) is 4.90. The Balaban J connectivity index is 2.39. The molecule has 0 saturated carbocycles. The van der Waals surface area contributed by atoms with Gasteiger partial charge in [-0.05, 0) is 0 Å². The van der Waals surface area contributed by atoms with Crippen molar-refractivity contribution in [2.24, 2.45) is 10.9 Å². The third kappa shape index (κ3) is 1.50. The first kappa shape index (κ1) is 11.9. The van der Waals surface area contributed by atoms with E-state index in [9.17, 15) is 9.59 Å². The van der Waals surface area contributed by atoms with Crippen LogP contribution in [-0.2, 0) is 4.79 Å². The maximum Gasteiger partial charge on any atom is 0.328 e. The van der Waals surface area contributed by atoms with Crippen molar-refractivity contribution < 1.29 is 9.59 Å². The SMILES string of the molecule is CC(C)C1=NC2C(C(=O)N(C)C(=O)N2C)N1C. The van der Waals surface area contributed by atoms with E-state index in [1.807, 2.05) is 25.8 Å². The predicted octanol–water partition coefficient (Wildman–Crippen LogP) is 0.205. The summed E-state index contributed by atoms with van der Waals surface area (Å²) in [5, 5.41) is 0. The molecule has 2 aliphatic rings. The first-order valence-corrected chi connectivity index (χ1v) is 5.71. The van der Waals surface area contributed by atoms with Crippen molar-refractivity contribution in [1.29, 1.82) is 0 Å². The Morgan fingerprint density at radius 1 is 1.12 bits per heavy atom. The number of imide groups is 1. The fraction of sp³-hybridized carbons (Fsp3) is 0.727. The molecule has 2 heterocycles. The number of rotatable bonds is 1. The minimum atomic E-state index is -0.381. The van der Waals surface area contributed by atoms with Crippen molar-refractivity contribution in [3.05, 3.63) is 0 Å². The lowest BCUT2D eigenvalue weighted by molar-refractivity contribution is -0.135. The molecule has 0 aliphatic carbocycles. The molecule has 0 N–H and O–H groups in total. The summed E-state index contributed by atoms with van der Waals surface area (Å²) >= 11 is 0. The van der Waals surface area contributed by atoms with Crippen LogP contribution in [0.25, 0.3) is 0 Å². The highest BCUT2D eigenvalue weighted by Crippen LogP contribution is 2.27. The quantitative estimate of drug-likeness (QED) is 0.656. The molecular formula is C11H18N4O2. The number of carbonyl (C=O) groups is 2. The topological polar surface area (TPSA) is 56.2 Å². The zero-order valence-corrected chi connectivity index (χ0v) is 10.8. The van der Waals surface area contributed by atoms with Gasteiger partial charge in [0.15, 0.2) is 12.2 Å². The van der Waals surface area contributed by atoms with E-state index in [1.165, 1.54) is 11.9 Å². The van der Waals surface area contributed by atoms with Gasteiger partial charge in [0, 0.05) is 27.1 Å². The monoisotopic (exact) mass is 238 g/mol. The average Bonchev–Trinajstić information content (AvgIpc) is 2.62. The van der Waals surface area contributed by atoms with Crippen LogP contribution in [0.1, 0.15) is 13.8 Å². The Labute approximate surface area is 101 Å². The predicted molar refractivity (Wildman–Crippen MR) is 63.5 cm³/mol. The van der Waals surface area contributed by atoms with Crippen LogP contribution in [0.4, 0.5) is 4.79 Å².